The molecule has 0 unspecified atom stereocenters. The van der Waals surface area contributed by atoms with Crippen LogP contribution in [0.25, 0.3) is 33.4 Å². The summed E-state index contributed by atoms with van der Waals surface area (Å²) in [5.41, 5.74) is 20.6. The molecule has 0 spiro atoms. The van der Waals surface area contributed by atoms with Gasteiger partial charge >= 0.3 is 0 Å². The molecular formula is C55H44N2O. The molecule has 3 aliphatic rings. The first-order valence-corrected chi connectivity index (χ1v) is 20.3. The molecule has 2 aliphatic heterocycles. The maximum atomic E-state index is 6.54. The predicted octanol–water partition coefficient (Wildman–Crippen LogP) is 15.3. The van der Waals surface area contributed by atoms with Gasteiger partial charge in [0.15, 0.2) is 11.5 Å². The van der Waals surface area contributed by atoms with Crippen LogP contribution in [0.15, 0.2) is 176 Å². The smallest absolute Gasteiger partial charge is 0.151 e. The lowest BCUT2D eigenvalue weighted by atomic mass is 9.72. The molecule has 1 aliphatic carbocycles. The van der Waals surface area contributed by atoms with Gasteiger partial charge in [-0.05, 0) is 123 Å². The van der Waals surface area contributed by atoms with Crippen LogP contribution in [0.5, 0.6) is 11.5 Å². The molecule has 58 heavy (non-hydrogen) atoms. The molecule has 0 amide bonds. The van der Waals surface area contributed by atoms with Crippen LogP contribution in [0.4, 0.5) is 34.1 Å². The molecule has 2 heterocycles. The van der Waals surface area contributed by atoms with Crippen molar-refractivity contribution in [1.29, 1.82) is 0 Å². The third kappa shape index (κ3) is 5.06. The number of aryl methyl sites for hydroxylation is 1. The van der Waals surface area contributed by atoms with E-state index in [-0.39, 0.29) is 10.8 Å². The van der Waals surface area contributed by atoms with E-state index in [4.69, 9.17) is 4.74 Å². The van der Waals surface area contributed by atoms with Crippen LogP contribution < -0.4 is 14.5 Å². The van der Waals surface area contributed by atoms with Crippen LogP contribution >= 0.6 is 0 Å². The number of rotatable bonds is 5. The van der Waals surface area contributed by atoms with Crippen molar-refractivity contribution in [2.45, 2.75) is 45.4 Å². The van der Waals surface area contributed by atoms with Crippen LogP contribution in [0.3, 0.4) is 0 Å². The van der Waals surface area contributed by atoms with E-state index in [0.29, 0.717) is 0 Å². The van der Waals surface area contributed by atoms with Crippen molar-refractivity contribution in [1.82, 2.24) is 0 Å². The number of benzene rings is 8. The molecule has 0 N–H and O–H groups in total. The second kappa shape index (κ2) is 12.6. The Bertz CT molecular complexity index is 2920. The maximum Gasteiger partial charge on any atom is 0.151 e. The van der Waals surface area contributed by atoms with E-state index in [1.165, 1.54) is 66.9 Å². The molecule has 0 atom stereocenters. The van der Waals surface area contributed by atoms with E-state index in [1.807, 2.05) is 0 Å². The standard InChI is InChI=1S/C55H44N2O/c1-35-13-11-19-50-52(35)57-49-33-39(27-32-46(49)55(4,5)47-18-12-20-51(58-50)53(47)57)38-23-21-36(22-24-38)37-25-28-41(29-26-37)56(40-14-7-6-8-15-40)42-30-31-44-43-16-9-10-17-45(43)54(2,3)48(44)34-42/h6-34H,1-5H3. The Kier molecular flexibility index (Phi) is 7.46. The Labute approximate surface area is 341 Å². The average molecular weight is 749 g/mol. The summed E-state index contributed by atoms with van der Waals surface area (Å²) in [5, 5.41) is 0. The molecule has 8 aromatic carbocycles. The zero-order chi connectivity index (χ0) is 39.3. The van der Waals surface area contributed by atoms with Gasteiger partial charge in [-0.15, -0.1) is 0 Å². The highest BCUT2D eigenvalue weighted by molar-refractivity contribution is 5.95. The van der Waals surface area contributed by atoms with Gasteiger partial charge in [-0.1, -0.05) is 149 Å². The van der Waals surface area contributed by atoms with Gasteiger partial charge in [0.05, 0.1) is 17.1 Å². The van der Waals surface area contributed by atoms with E-state index in [1.54, 1.807) is 0 Å². The Morgan fingerprint density at radius 1 is 0.414 bits per heavy atom. The summed E-state index contributed by atoms with van der Waals surface area (Å²) in [5.74, 6) is 1.80. The molecule has 8 aromatic rings. The van der Waals surface area contributed by atoms with Crippen LogP contribution in [0, 0.1) is 6.92 Å². The molecule has 0 saturated carbocycles. The summed E-state index contributed by atoms with van der Waals surface area (Å²) in [7, 11) is 0. The molecule has 3 nitrogen and oxygen atoms in total. The first-order chi connectivity index (χ1) is 28.2. The molecular weight excluding hydrogens is 705 g/mol. The zero-order valence-electron chi connectivity index (χ0n) is 33.5. The van der Waals surface area contributed by atoms with Crippen molar-refractivity contribution < 1.29 is 4.74 Å². The highest BCUT2D eigenvalue weighted by Gasteiger charge is 2.42. The molecule has 0 aromatic heterocycles. The molecule has 0 bridgehead atoms. The van der Waals surface area contributed by atoms with Gasteiger partial charge in [0.25, 0.3) is 0 Å². The average Bonchev–Trinajstić information content (AvgIpc) is 3.48. The predicted molar refractivity (Wildman–Crippen MR) is 241 cm³/mol. The summed E-state index contributed by atoms with van der Waals surface area (Å²) in [4.78, 5) is 4.82. The normalized spacial score (nSPS) is 14.7. The van der Waals surface area contributed by atoms with Gasteiger partial charge in [0.1, 0.15) is 0 Å². The van der Waals surface area contributed by atoms with E-state index in [2.05, 4.69) is 220 Å². The maximum absolute atomic E-state index is 6.54. The van der Waals surface area contributed by atoms with E-state index >= 15 is 0 Å². The Morgan fingerprint density at radius 2 is 0.966 bits per heavy atom. The van der Waals surface area contributed by atoms with Crippen molar-refractivity contribution in [3.8, 4) is 44.9 Å². The van der Waals surface area contributed by atoms with Gasteiger partial charge < -0.3 is 14.5 Å². The molecule has 0 fully saturated rings. The number of hydrogen-bond donors (Lipinski definition) is 0. The van der Waals surface area contributed by atoms with Crippen LogP contribution in [-0.2, 0) is 10.8 Å². The SMILES string of the molecule is Cc1cccc2c1N1c3cc(-c4ccc(-c5ccc(N(c6ccccc6)c6ccc7c(c6)C(C)(C)c6ccccc6-7)cc5)cc4)ccc3C(C)(C)c3cccc(c31)O2. The van der Waals surface area contributed by atoms with Gasteiger partial charge in [-0.3, -0.25) is 0 Å². The fraction of sp³-hybridized carbons (Fsp3) is 0.127. The molecule has 0 radical (unpaired) electrons. The molecule has 0 saturated heterocycles. The van der Waals surface area contributed by atoms with Crippen LogP contribution in [-0.4, -0.2) is 0 Å². The highest BCUT2D eigenvalue weighted by Crippen LogP contribution is 2.61. The Morgan fingerprint density at radius 3 is 1.72 bits per heavy atom. The van der Waals surface area contributed by atoms with Gasteiger partial charge in [0.2, 0.25) is 0 Å². The summed E-state index contributed by atoms with van der Waals surface area (Å²) < 4.78 is 6.54. The lowest BCUT2D eigenvalue weighted by molar-refractivity contribution is 0.471. The van der Waals surface area contributed by atoms with Crippen LogP contribution in [0.1, 0.15) is 55.5 Å². The number of para-hydroxylation sites is 3. The van der Waals surface area contributed by atoms with Gasteiger partial charge in [-0.25, -0.2) is 0 Å². The van der Waals surface area contributed by atoms with Crippen molar-refractivity contribution in [2.24, 2.45) is 0 Å². The van der Waals surface area contributed by atoms with Crippen molar-refractivity contribution in [2.75, 3.05) is 9.80 Å². The van der Waals surface area contributed by atoms with Crippen molar-refractivity contribution >= 4 is 34.1 Å². The topological polar surface area (TPSA) is 15.7 Å². The van der Waals surface area contributed by atoms with Crippen LogP contribution in [0.2, 0.25) is 0 Å². The lowest BCUT2D eigenvalue weighted by Gasteiger charge is -2.45. The monoisotopic (exact) mass is 748 g/mol. The fourth-order valence-electron chi connectivity index (χ4n) is 9.90. The van der Waals surface area contributed by atoms with Crippen molar-refractivity contribution in [3.63, 3.8) is 0 Å². The Hall–Kier alpha value is -6.84. The minimum Gasteiger partial charge on any atom is -0.453 e. The number of ether oxygens (including phenoxy) is 1. The van der Waals surface area contributed by atoms with E-state index in [9.17, 15) is 0 Å². The lowest BCUT2D eigenvalue weighted by Crippen LogP contribution is -2.32. The first-order valence-electron chi connectivity index (χ1n) is 20.3. The molecule has 280 valence electrons. The quantitative estimate of drug-likeness (QED) is 0.174. The number of fused-ring (bicyclic) bond motifs is 7. The molecule has 11 rings (SSSR count). The Balaban J connectivity index is 0.928. The third-order valence-electron chi connectivity index (χ3n) is 13.0. The summed E-state index contributed by atoms with van der Waals surface area (Å²) in [6, 6.07) is 64.4. The zero-order valence-corrected chi connectivity index (χ0v) is 33.5. The minimum atomic E-state index is -0.186. The van der Waals surface area contributed by atoms with Crippen molar-refractivity contribution in [3.05, 3.63) is 204 Å². The third-order valence-corrected chi connectivity index (χ3v) is 13.0. The summed E-state index contributed by atoms with van der Waals surface area (Å²) >= 11 is 0. The van der Waals surface area contributed by atoms with Gasteiger partial charge in [-0.2, -0.15) is 0 Å². The number of hydrogen-bond acceptors (Lipinski definition) is 3. The molecule has 3 heteroatoms. The summed E-state index contributed by atoms with van der Waals surface area (Å²) in [6.07, 6.45) is 0. The van der Waals surface area contributed by atoms with E-state index in [0.717, 1.165) is 39.9 Å². The number of nitrogens with zero attached hydrogens (tertiary/aromatic N) is 2. The second-order valence-corrected chi connectivity index (χ2v) is 17.1. The fourth-order valence-corrected chi connectivity index (χ4v) is 9.90. The highest BCUT2D eigenvalue weighted by atomic mass is 16.5. The first kappa shape index (κ1) is 34.4. The van der Waals surface area contributed by atoms with Gasteiger partial charge in [0, 0.05) is 27.9 Å². The van der Waals surface area contributed by atoms with E-state index < -0.39 is 0 Å². The number of anilines is 6. The minimum absolute atomic E-state index is 0.0715. The largest absolute Gasteiger partial charge is 0.453 e. The summed E-state index contributed by atoms with van der Waals surface area (Å²) in [6.45, 7) is 11.5. The second-order valence-electron chi connectivity index (χ2n) is 17.1.